The molecule has 0 bridgehead atoms. The Morgan fingerprint density at radius 3 is 2.37 bits per heavy atom. The van der Waals surface area contributed by atoms with E-state index in [9.17, 15) is 4.39 Å². The van der Waals surface area contributed by atoms with Crippen molar-refractivity contribution >= 4 is 0 Å². The van der Waals surface area contributed by atoms with Gasteiger partial charge in [-0.3, -0.25) is 0 Å². The van der Waals surface area contributed by atoms with Gasteiger partial charge >= 0.3 is 0 Å². The van der Waals surface area contributed by atoms with Crippen LogP contribution in [-0.2, 0) is 0 Å². The average molecular weight is 263 g/mol. The minimum absolute atomic E-state index is 0.0345. The van der Waals surface area contributed by atoms with Gasteiger partial charge in [0.25, 0.3) is 0 Å². The number of rotatable bonds is 3. The molecule has 1 aromatic carbocycles. The van der Waals surface area contributed by atoms with Crippen LogP contribution in [0.1, 0.15) is 50.3 Å². The zero-order chi connectivity index (χ0) is 14.0. The highest BCUT2D eigenvalue weighted by Gasteiger charge is 2.31. The standard InChI is InChI=1S/C17H26FN/c1-11-8-12(2)10-14(9-11)17(19-4)15-7-5-6-13(3)16(15)18/h5-7,11-12,14,17,19H,8-10H2,1-4H3. The summed E-state index contributed by atoms with van der Waals surface area (Å²) in [4.78, 5) is 0. The number of hydrogen-bond acceptors (Lipinski definition) is 1. The van der Waals surface area contributed by atoms with Crippen molar-refractivity contribution in [2.75, 3.05) is 7.05 Å². The highest BCUT2D eigenvalue weighted by atomic mass is 19.1. The van der Waals surface area contributed by atoms with Crippen molar-refractivity contribution in [1.29, 1.82) is 0 Å². The molecule has 0 aliphatic heterocycles. The van der Waals surface area contributed by atoms with Gasteiger partial charge in [-0.15, -0.1) is 0 Å². The molecule has 3 atom stereocenters. The first-order valence-corrected chi connectivity index (χ1v) is 7.45. The molecule has 2 heteroatoms. The maximum atomic E-state index is 14.3. The highest BCUT2D eigenvalue weighted by molar-refractivity contribution is 5.28. The Morgan fingerprint density at radius 2 is 1.79 bits per heavy atom. The van der Waals surface area contributed by atoms with Crippen molar-refractivity contribution in [3.63, 3.8) is 0 Å². The predicted octanol–water partition coefficient (Wildman–Crippen LogP) is 4.47. The maximum absolute atomic E-state index is 14.3. The zero-order valence-corrected chi connectivity index (χ0v) is 12.5. The highest BCUT2D eigenvalue weighted by Crippen LogP contribution is 2.40. The summed E-state index contributed by atoms with van der Waals surface area (Å²) in [6, 6.07) is 5.89. The fourth-order valence-corrected chi connectivity index (χ4v) is 3.84. The molecule has 19 heavy (non-hydrogen) atoms. The lowest BCUT2D eigenvalue weighted by molar-refractivity contribution is 0.178. The van der Waals surface area contributed by atoms with Gasteiger partial charge in [-0.1, -0.05) is 32.0 Å². The molecule has 1 aliphatic carbocycles. The van der Waals surface area contributed by atoms with Gasteiger partial charge in [0.05, 0.1) is 0 Å². The molecule has 0 heterocycles. The summed E-state index contributed by atoms with van der Waals surface area (Å²) in [6.45, 7) is 6.49. The van der Waals surface area contributed by atoms with E-state index in [0.717, 1.165) is 23.0 Å². The van der Waals surface area contributed by atoms with E-state index in [0.29, 0.717) is 5.92 Å². The summed E-state index contributed by atoms with van der Waals surface area (Å²) in [5.74, 6) is 2.00. The van der Waals surface area contributed by atoms with E-state index in [-0.39, 0.29) is 11.9 Å². The summed E-state index contributed by atoms with van der Waals surface area (Å²) in [5.41, 5.74) is 1.59. The fraction of sp³-hybridized carbons (Fsp3) is 0.647. The van der Waals surface area contributed by atoms with E-state index in [2.05, 4.69) is 19.2 Å². The molecule has 0 saturated heterocycles. The average Bonchev–Trinajstić information content (AvgIpc) is 2.34. The minimum atomic E-state index is -0.0345. The lowest BCUT2D eigenvalue weighted by Gasteiger charge is -2.37. The number of aryl methyl sites for hydroxylation is 1. The molecule has 106 valence electrons. The van der Waals surface area contributed by atoms with Gasteiger partial charge in [-0.2, -0.15) is 0 Å². The third-order valence-corrected chi connectivity index (χ3v) is 4.55. The van der Waals surface area contributed by atoms with Crippen molar-refractivity contribution in [3.8, 4) is 0 Å². The zero-order valence-electron chi connectivity index (χ0n) is 12.5. The number of benzene rings is 1. The smallest absolute Gasteiger partial charge is 0.130 e. The SMILES string of the molecule is CNC(c1cccc(C)c1F)C1CC(C)CC(C)C1. The third kappa shape index (κ3) is 3.17. The Morgan fingerprint density at radius 1 is 1.16 bits per heavy atom. The van der Waals surface area contributed by atoms with E-state index in [1.54, 1.807) is 0 Å². The molecule has 0 aromatic heterocycles. The second-order valence-corrected chi connectivity index (χ2v) is 6.42. The largest absolute Gasteiger partial charge is 0.313 e. The molecular weight excluding hydrogens is 237 g/mol. The third-order valence-electron chi connectivity index (χ3n) is 4.55. The minimum Gasteiger partial charge on any atom is -0.313 e. The molecular formula is C17H26FN. The number of halogens is 1. The van der Waals surface area contributed by atoms with Crippen LogP contribution in [0, 0.1) is 30.5 Å². The molecule has 0 amide bonds. The monoisotopic (exact) mass is 263 g/mol. The van der Waals surface area contributed by atoms with Crippen molar-refractivity contribution in [2.24, 2.45) is 17.8 Å². The quantitative estimate of drug-likeness (QED) is 0.848. The van der Waals surface area contributed by atoms with Gasteiger partial charge in [0.2, 0.25) is 0 Å². The molecule has 1 fully saturated rings. The van der Waals surface area contributed by atoms with E-state index in [4.69, 9.17) is 0 Å². The molecule has 3 unspecified atom stereocenters. The fourth-order valence-electron chi connectivity index (χ4n) is 3.84. The normalized spacial score (nSPS) is 29.2. The lowest BCUT2D eigenvalue weighted by atomic mass is 9.72. The van der Waals surface area contributed by atoms with Crippen LogP contribution in [0.5, 0.6) is 0 Å². The lowest BCUT2D eigenvalue weighted by Crippen LogP contribution is -2.32. The van der Waals surface area contributed by atoms with Crippen LogP contribution in [0.3, 0.4) is 0 Å². The van der Waals surface area contributed by atoms with Gasteiger partial charge in [0.15, 0.2) is 0 Å². The van der Waals surface area contributed by atoms with Gasteiger partial charge in [-0.05, 0) is 56.6 Å². The van der Waals surface area contributed by atoms with Crippen LogP contribution in [0.25, 0.3) is 0 Å². The molecule has 1 aliphatic rings. The van der Waals surface area contributed by atoms with Crippen LogP contribution < -0.4 is 5.32 Å². The summed E-state index contributed by atoms with van der Waals surface area (Å²) in [5, 5.41) is 3.36. The van der Waals surface area contributed by atoms with Crippen molar-refractivity contribution < 1.29 is 4.39 Å². The molecule has 0 spiro atoms. The molecule has 1 nitrogen and oxygen atoms in total. The van der Waals surface area contributed by atoms with Crippen molar-refractivity contribution in [2.45, 2.75) is 46.1 Å². The Hall–Kier alpha value is -0.890. The van der Waals surface area contributed by atoms with E-state index < -0.39 is 0 Å². The van der Waals surface area contributed by atoms with Gasteiger partial charge in [-0.25, -0.2) is 4.39 Å². The van der Waals surface area contributed by atoms with Crippen molar-refractivity contribution in [3.05, 3.63) is 35.1 Å². The first-order valence-electron chi connectivity index (χ1n) is 7.45. The molecule has 1 N–H and O–H groups in total. The van der Waals surface area contributed by atoms with Crippen LogP contribution in [-0.4, -0.2) is 7.05 Å². The van der Waals surface area contributed by atoms with Crippen LogP contribution in [0.2, 0.25) is 0 Å². The summed E-state index contributed by atoms with van der Waals surface area (Å²) in [7, 11) is 1.95. The molecule has 1 aromatic rings. The second-order valence-electron chi connectivity index (χ2n) is 6.42. The predicted molar refractivity (Wildman–Crippen MR) is 78.6 cm³/mol. The van der Waals surface area contributed by atoms with E-state index in [1.807, 2.05) is 32.2 Å². The Kier molecular flexibility index (Phi) is 4.62. The Labute approximate surface area is 116 Å². The molecule has 0 radical (unpaired) electrons. The van der Waals surface area contributed by atoms with Gasteiger partial charge in [0, 0.05) is 11.6 Å². The number of nitrogens with one attached hydrogen (secondary N) is 1. The number of hydrogen-bond donors (Lipinski definition) is 1. The molecule has 1 saturated carbocycles. The summed E-state index contributed by atoms with van der Waals surface area (Å²) in [6.07, 6.45) is 3.70. The summed E-state index contributed by atoms with van der Waals surface area (Å²) < 4.78 is 14.3. The van der Waals surface area contributed by atoms with Gasteiger partial charge in [0.1, 0.15) is 5.82 Å². The van der Waals surface area contributed by atoms with Crippen molar-refractivity contribution in [1.82, 2.24) is 5.32 Å². The van der Waals surface area contributed by atoms with Crippen LogP contribution in [0.4, 0.5) is 4.39 Å². The van der Waals surface area contributed by atoms with Gasteiger partial charge < -0.3 is 5.32 Å². The van der Waals surface area contributed by atoms with E-state index >= 15 is 0 Å². The van der Waals surface area contributed by atoms with Crippen LogP contribution >= 0.6 is 0 Å². The topological polar surface area (TPSA) is 12.0 Å². The van der Waals surface area contributed by atoms with Crippen LogP contribution in [0.15, 0.2) is 18.2 Å². The maximum Gasteiger partial charge on any atom is 0.130 e. The molecule has 2 rings (SSSR count). The Balaban J connectivity index is 2.26. The van der Waals surface area contributed by atoms with E-state index in [1.165, 1.54) is 19.3 Å². The second kappa shape index (κ2) is 6.04. The first-order chi connectivity index (χ1) is 9.02. The first kappa shape index (κ1) is 14.5. The Bertz CT molecular complexity index is 419. The summed E-state index contributed by atoms with van der Waals surface area (Å²) >= 11 is 0.